The highest BCUT2D eigenvalue weighted by molar-refractivity contribution is 7.81. The van der Waals surface area contributed by atoms with Gasteiger partial charge in [-0.2, -0.15) is 17.7 Å². The first-order valence-electron chi connectivity index (χ1n) is 6.35. The lowest BCUT2D eigenvalue weighted by atomic mass is 10.1. The second-order valence-electron chi connectivity index (χ2n) is 4.73. The van der Waals surface area contributed by atoms with Crippen molar-refractivity contribution in [3.05, 3.63) is 30.3 Å². The lowest BCUT2D eigenvalue weighted by Gasteiger charge is -2.11. The van der Waals surface area contributed by atoms with Crippen molar-refractivity contribution in [2.24, 2.45) is 0 Å². The Bertz CT molecular complexity index is 624. The van der Waals surface area contributed by atoms with E-state index in [0.717, 1.165) is 17.0 Å². The number of carbonyl (C=O) groups excluding carboxylic acids is 1. The van der Waals surface area contributed by atoms with Crippen LogP contribution in [0.1, 0.15) is 6.42 Å². The smallest absolute Gasteiger partial charge is 0.229 e. The van der Waals surface area contributed by atoms with Crippen molar-refractivity contribution in [2.75, 3.05) is 18.6 Å². The summed E-state index contributed by atoms with van der Waals surface area (Å²) in [7, 11) is 1.64. The molecule has 1 atom stereocenters. The number of benzene rings is 1. The van der Waals surface area contributed by atoms with Crippen molar-refractivity contribution in [2.45, 2.75) is 11.7 Å². The molecular weight excluding hydrogens is 274 g/mol. The number of carbonyl (C=O) groups is 1. The van der Waals surface area contributed by atoms with Crippen LogP contribution in [0.3, 0.4) is 0 Å². The topological polar surface area (TPSA) is 58.2 Å². The van der Waals surface area contributed by atoms with Crippen molar-refractivity contribution in [1.29, 1.82) is 0 Å². The summed E-state index contributed by atoms with van der Waals surface area (Å²) in [5, 5.41) is 7.27. The largest absolute Gasteiger partial charge is 0.497 e. The zero-order valence-electron chi connectivity index (χ0n) is 11.0. The fourth-order valence-corrected chi connectivity index (χ4v) is 2.60. The number of aromatic amines is 1. The maximum Gasteiger partial charge on any atom is 0.229 e. The number of anilines is 1. The van der Waals surface area contributed by atoms with E-state index >= 15 is 0 Å². The molecule has 1 saturated heterocycles. The molecule has 1 fully saturated rings. The quantitative estimate of drug-likeness (QED) is 0.851. The first-order valence-corrected chi connectivity index (χ1v) is 6.87. The summed E-state index contributed by atoms with van der Waals surface area (Å²) in [6.45, 7) is 0.606. The van der Waals surface area contributed by atoms with Crippen LogP contribution in [0, 0.1) is 0 Å². The van der Waals surface area contributed by atoms with Crippen molar-refractivity contribution < 1.29 is 9.53 Å². The highest BCUT2D eigenvalue weighted by Gasteiger charge is 2.29. The fourth-order valence-electron chi connectivity index (χ4n) is 2.28. The van der Waals surface area contributed by atoms with Gasteiger partial charge in [0.15, 0.2) is 5.82 Å². The third-order valence-electron chi connectivity index (χ3n) is 3.35. The van der Waals surface area contributed by atoms with E-state index in [1.165, 1.54) is 0 Å². The Labute approximate surface area is 122 Å². The Hall–Kier alpha value is -1.95. The van der Waals surface area contributed by atoms with E-state index in [4.69, 9.17) is 4.74 Å². The molecular formula is C14H15N3O2S. The zero-order chi connectivity index (χ0) is 14.1. The number of thiol groups is 1. The highest BCUT2D eigenvalue weighted by atomic mass is 32.1. The van der Waals surface area contributed by atoms with Crippen LogP contribution in [0.5, 0.6) is 5.75 Å². The first-order chi connectivity index (χ1) is 9.67. The predicted molar refractivity (Wildman–Crippen MR) is 80.3 cm³/mol. The molecule has 104 valence electrons. The van der Waals surface area contributed by atoms with E-state index in [0.29, 0.717) is 18.8 Å². The van der Waals surface area contributed by atoms with Gasteiger partial charge >= 0.3 is 0 Å². The van der Waals surface area contributed by atoms with E-state index in [-0.39, 0.29) is 11.2 Å². The lowest BCUT2D eigenvalue weighted by molar-refractivity contribution is -0.117. The number of nitrogens with one attached hydrogen (secondary N) is 1. The van der Waals surface area contributed by atoms with Crippen molar-refractivity contribution in [3.8, 4) is 17.0 Å². The summed E-state index contributed by atoms with van der Waals surface area (Å²) in [6, 6.07) is 9.55. The van der Waals surface area contributed by atoms with Crippen molar-refractivity contribution in [3.63, 3.8) is 0 Å². The molecule has 1 aromatic carbocycles. The molecule has 20 heavy (non-hydrogen) atoms. The van der Waals surface area contributed by atoms with Crippen molar-refractivity contribution in [1.82, 2.24) is 10.2 Å². The van der Waals surface area contributed by atoms with Gasteiger partial charge in [0.05, 0.1) is 12.8 Å². The van der Waals surface area contributed by atoms with Gasteiger partial charge in [-0.25, -0.2) is 0 Å². The van der Waals surface area contributed by atoms with Gasteiger partial charge in [0.25, 0.3) is 0 Å². The van der Waals surface area contributed by atoms with Gasteiger partial charge < -0.3 is 4.74 Å². The van der Waals surface area contributed by atoms with E-state index in [1.807, 2.05) is 30.3 Å². The molecule has 1 unspecified atom stereocenters. The van der Waals surface area contributed by atoms with Gasteiger partial charge in [-0.1, -0.05) is 0 Å². The standard InChI is InChI=1S/C14H15N3O2S/c1-19-10-4-2-9(3-5-10)12-7-13(16-15-12)17-8-11(20)6-14(17)18/h2-5,7,11,20H,6,8H2,1H3,(H,15,16). The number of aromatic nitrogens is 2. The van der Waals surface area contributed by atoms with Gasteiger partial charge in [0.2, 0.25) is 5.91 Å². The van der Waals surface area contributed by atoms with Crippen LogP contribution in [0.2, 0.25) is 0 Å². The normalized spacial score (nSPS) is 18.6. The van der Waals surface area contributed by atoms with Crippen LogP contribution in [-0.2, 0) is 4.79 Å². The Balaban J connectivity index is 1.84. The second kappa shape index (κ2) is 5.20. The second-order valence-corrected chi connectivity index (χ2v) is 5.46. The van der Waals surface area contributed by atoms with Crippen LogP contribution < -0.4 is 9.64 Å². The molecule has 2 aromatic rings. The molecule has 5 nitrogen and oxygen atoms in total. The number of H-pyrrole nitrogens is 1. The molecule has 2 heterocycles. The number of nitrogens with zero attached hydrogens (tertiary/aromatic N) is 2. The van der Waals surface area contributed by atoms with Gasteiger partial charge in [0.1, 0.15) is 5.75 Å². The molecule has 0 radical (unpaired) electrons. The average Bonchev–Trinajstić information content (AvgIpc) is 3.05. The summed E-state index contributed by atoms with van der Waals surface area (Å²) in [5.74, 6) is 1.52. The van der Waals surface area contributed by atoms with E-state index in [2.05, 4.69) is 22.8 Å². The summed E-state index contributed by atoms with van der Waals surface area (Å²) in [6.07, 6.45) is 0.466. The molecule has 0 saturated carbocycles. The number of methoxy groups -OCH3 is 1. The molecule has 6 heteroatoms. The summed E-state index contributed by atoms with van der Waals surface area (Å²) in [4.78, 5) is 13.5. The van der Waals surface area contributed by atoms with E-state index < -0.39 is 0 Å². The van der Waals surface area contributed by atoms with Gasteiger partial charge in [0, 0.05) is 24.3 Å². The minimum absolute atomic E-state index is 0.0674. The number of rotatable bonds is 3. The third kappa shape index (κ3) is 2.38. The molecule has 3 rings (SSSR count). The molecule has 0 spiro atoms. The minimum Gasteiger partial charge on any atom is -0.497 e. The number of hydrogen-bond acceptors (Lipinski definition) is 4. The maximum absolute atomic E-state index is 11.8. The van der Waals surface area contributed by atoms with Gasteiger partial charge in [-0.15, -0.1) is 0 Å². The monoisotopic (exact) mass is 289 g/mol. The summed E-state index contributed by atoms with van der Waals surface area (Å²) < 4.78 is 5.13. The van der Waals surface area contributed by atoms with E-state index in [1.54, 1.807) is 12.0 Å². The number of amides is 1. The van der Waals surface area contributed by atoms with Crippen LogP contribution in [0.4, 0.5) is 5.82 Å². The number of ether oxygens (including phenoxy) is 1. The molecule has 1 N–H and O–H groups in total. The molecule has 1 aromatic heterocycles. The van der Waals surface area contributed by atoms with E-state index in [9.17, 15) is 4.79 Å². The highest BCUT2D eigenvalue weighted by Crippen LogP contribution is 2.27. The van der Waals surface area contributed by atoms with Crippen molar-refractivity contribution >= 4 is 24.4 Å². The molecule has 1 aliphatic heterocycles. The SMILES string of the molecule is COc1ccc(-c2cc(N3CC(S)CC3=O)n[nH]2)cc1. The summed E-state index contributed by atoms with van der Waals surface area (Å²) in [5.41, 5.74) is 1.87. The van der Waals surface area contributed by atoms with Gasteiger partial charge in [-0.3, -0.25) is 14.8 Å². The molecule has 1 aliphatic rings. The summed E-state index contributed by atoms with van der Waals surface area (Å²) >= 11 is 4.35. The lowest BCUT2D eigenvalue weighted by Crippen LogP contribution is -2.24. The Morgan fingerprint density at radius 3 is 2.75 bits per heavy atom. The Morgan fingerprint density at radius 1 is 1.40 bits per heavy atom. The molecule has 0 bridgehead atoms. The number of hydrogen-bond donors (Lipinski definition) is 2. The average molecular weight is 289 g/mol. The van der Waals surface area contributed by atoms with Crippen LogP contribution in [0.25, 0.3) is 11.3 Å². The van der Waals surface area contributed by atoms with Crippen LogP contribution >= 0.6 is 12.6 Å². The van der Waals surface area contributed by atoms with Crippen LogP contribution in [-0.4, -0.2) is 35.0 Å². The molecule has 0 aliphatic carbocycles. The maximum atomic E-state index is 11.8. The first kappa shape index (κ1) is 13.1. The fraction of sp³-hybridized carbons (Fsp3) is 0.286. The molecule has 1 amide bonds. The van der Waals surface area contributed by atoms with Crippen LogP contribution in [0.15, 0.2) is 30.3 Å². The third-order valence-corrected chi connectivity index (χ3v) is 3.69. The predicted octanol–water partition coefficient (Wildman–Crippen LogP) is 2.12. The zero-order valence-corrected chi connectivity index (χ0v) is 11.9. The minimum atomic E-state index is 0.0674. The van der Waals surface area contributed by atoms with Gasteiger partial charge in [-0.05, 0) is 29.8 Å². The Kier molecular flexibility index (Phi) is 3.40. The Morgan fingerprint density at radius 2 is 2.15 bits per heavy atom.